The molecular weight excluding hydrogens is 158 g/mol. The maximum Gasteiger partial charge on any atom is 0.0684 e. The highest BCUT2D eigenvalue weighted by molar-refractivity contribution is 5.63. The fraction of sp³-hybridized carbons (Fsp3) is 0.417. The molecule has 1 aromatic heterocycles. The lowest BCUT2D eigenvalue weighted by Crippen LogP contribution is -1.91. The predicted molar refractivity (Wildman–Crippen MR) is 57.7 cm³/mol. The molecule has 0 atom stereocenters. The van der Waals surface area contributed by atoms with E-state index in [-0.39, 0.29) is 0 Å². The summed E-state index contributed by atoms with van der Waals surface area (Å²) in [6.07, 6.45) is 5.21. The van der Waals surface area contributed by atoms with Crippen molar-refractivity contribution in [2.24, 2.45) is 0 Å². The van der Waals surface area contributed by atoms with Crippen LogP contribution in [0.5, 0.6) is 0 Å². The van der Waals surface area contributed by atoms with Crippen LogP contribution in [0.15, 0.2) is 18.3 Å². The van der Waals surface area contributed by atoms with Gasteiger partial charge in [-0.2, -0.15) is 0 Å². The van der Waals surface area contributed by atoms with Gasteiger partial charge < -0.3 is 0 Å². The summed E-state index contributed by atoms with van der Waals surface area (Å²) in [5.74, 6) is 0. The zero-order valence-corrected chi connectivity index (χ0v) is 8.89. The Morgan fingerprint density at radius 2 is 2.15 bits per heavy atom. The molecule has 1 rings (SSSR count). The number of aryl methyl sites for hydroxylation is 2. The van der Waals surface area contributed by atoms with Crippen LogP contribution in [0.3, 0.4) is 0 Å². The zero-order valence-electron chi connectivity index (χ0n) is 8.89. The normalized spacial score (nSPS) is 11.8. The molecule has 70 valence electrons. The Morgan fingerprint density at radius 3 is 2.69 bits per heavy atom. The van der Waals surface area contributed by atoms with E-state index in [4.69, 9.17) is 0 Å². The molecule has 0 fully saturated rings. The van der Waals surface area contributed by atoms with Gasteiger partial charge in [0.2, 0.25) is 0 Å². The fourth-order valence-corrected chi connectivity index (χ4v) is 1.53. The molecule has 0 amide bonds. The van der Waals surface area contributed by atoms with Gasteiger partial charge in [0.15, 0.2) is 0 Å². The second-order valence-corrected chi connectivity index (χ2v) is 3.47. The van der Waals surface area contributed by atoms with Crippen LogP contribution in [-0.2, 0) is 0 Å². The van der Waals surface area contributed by atoms with Gasteiger partial charge in [0, 0.05) is 6.20 Å². The van der Waals surface area contributed by atoms with E-state index in [9.17, 15) is 0 Å². The summed E-state index contributed by atoms with van der Waals surface area (Å²) in [4.78, 5) is 4.43. The smallest absolute Gasteiger partial charge is 0.0684 e. The molecule has 0 aliphatic rings. The molecule has 1 aromatic rings. The third kappa shape index (κ3) is 2.41. The Morgan fingerprint density at radius 1 is 1.46 bits per heavy atom. The lowest BCUT2D eigenvalue weighted by atomic mass is 10.1. The molecule has 13 heavy (non-hydrogen) atoms. The summed E-state index contributed by atoms with van der Waals surface area (Å²) in [5, 5.41) is 0. The Balaban J connectivity index is 3.09. The van der Waals surface area contributed by atoms with Crippen molar-refractivity contribution in [3.05, 3.63) is 35.2 Å². The van der Waals surface area contributed by atoms with E-state index >= 15 is 0 Å². The SMILES string of the molecule is CCC=C(C)c1ncc(C)cc1C. The molecule has 0 spiro atoms. The maximum absolute atomic E-state index is 4.43. The van der Waals surface area contributed by atoms with Crippen molar-refractivity contribution in [3.8, 4) is 0 Å². The molecule has 0 aliphatic heterocycles. The largest absolute Gasteiger partial charge is 0.256 e. The van der Waals surface area contributed by atoms with Crippen molar-refractivity contribution < 1.29 is 0 Å². The maximum atomic E-state index is 4.43. The van der Waals surface area contributed by atoms with Gasteiger partial charge in [0.05, 0.1) is 5.69 Å². The van der Waals surface area contributed by atoms with Crippen LogP contribution in [-0.4, -0.2) is 4.98 Å². The Hall–Kier alpha value is -1.11. The summed E-state index contributed by atoms with van der Waals surface area (Å²) < 4.78 is 0. The molecule has 1 heterocycles. The van der Waals surface area contributed by atoms with Crippen molar-refractivity contribution in [1.29, 1.82) is 0 Å². The highest BCUT2D eigenvalue weighted by atomic mass is 14.7. The molecule has 1 heteroatoms. The van der Waals surface area contributed by atoms with Gasteiger partial charge in [-0.05, 0) is 43.9 Å². The minimum Gasteiger partial charge on any atom is -0.256 e. The van der Waals surface area contributed by atoms with Gasteiger partial charge in [-0.15, -0.1) is 0 Å². The lowest BCUT2D eigenvalue weighted by molar-refractivity contribution is 1.16. The number of hydrogen-bond donors (Lipinski definition) is 0. The quantitative estimate of drug-likeness (QED) is 0.670. The Labute approximate surface area is 80.5 Å². The van der Waals surface area contributed by atoms with E-state index in [0.29, 0.717) is 0 Å². The van der Waals surface area contributed by atoms with E-state index in [2.05, 4.69) is 44.8 Å². The fourth-order valence-electron chi connectivity index (χ4n) is 1.53. The summed E-state index contributed by atoms with van der Waals surface area (Å²) in [7, 11) is 0. The van der Waals surface area contributed by atoms with Crippen LogP contribution >= 0.6 is 0 Å². The molecule has 0 aliphatic carbocycles. The van der Waals surface area contributed by atoms with Gasteiger partial charge in [-0.25, -0.2) is 0 Å². The van der Waals surface area contributed by atoms with Gasteiger partial charge >= 0.3 is 0 Å². The highest BCUT2D eigenvalue weighted by Gasteiger charge is 2.00. The van der Waals surface area contributed by atoms with Crippen molar-refractivity contribution in [3.63, 3.8) is 0 Å². The van der Waals surface area contributed by atoms with Crippen LogP contribution in [0, 0.1) is 13.8 Å². The zero-order chi connectivity index (χ0) is 9.84. The number of rotatable bonds is 2. The van der Waals surface area contributed by atoms with Crippen LogP contribution in [0.2, 0.25) is 0 Å². The first kappa shape index (κ1) is 9.97. The Kier molecular flexibility index (Phi) is 3.24. The number of hydrogen-bond acceptors (Lipinski definition) is 1. The summed E-state index contributed by atoms with van der Waals surface area (Å²) in [6.45, 7) is 8.45. The van der Waals surface area contributed by atoms with E-state index in [1.54, 1.807) is 0 Å². The standard InChI is InChI=1S/C12H17N/c1-5-6-10(3)12-11(4)7-9(2)8-13-12/h6-8H,5H2,1-4H3. The lowest BCUT2D eigenvalue weighted by Gasteiger charge is -2.05. The van der Waals surface area contributed by atoms with Crippen LogP contribution in [0.25, 0.3) is 5.57 Å². The van der Waals surface area contributed by atoms with Gasteiger partial charge in [-0.3, -0.25) is 4.98 Å². The van der Waals surface area contributed by atoms with Crippen molar-refractivity contribution in [2.75, 3.05) is 0 Å². The average molecular weight is 175 g/mol. The molecule has 0 unspecified atom stereocenters. The molecule has 0 bridgehead atoms. The van der Waals surface area contributed by atoms with Crippen molar-refractivity contribution >= 4 is 5.57 Å². The van der Waals surface area contributed by atoms with Gasteiger partial charge in [0.25, 0.3) is 0 Å². The first-order valence-electron chi connectivity index (χ1n) is 4.75. The monoisotopic (exact) mass is 175 g/mol. The third-order valence-electron chi connectivity index (χ3n) is 2.10. The minimum absolute atomic E-state index is 1.07. The number of allylic oxidation sites excluding steroid dienone is 2. The average Bonchev–Trinajstić information content (AvgIpc) is 2.04. The molecule has 0 saturated heterocycles. The highest BCUT2D eigenvalue weighted by Crippen LogP contribution is 2.16. The molecule has 0 radical (unpaired) electrons. The van der Waals surface area contributed by atoms with Crippen molar-refractivity contribution in [1.82, 2.24) is 4.98 Å². The van der Waals surface area contributed by atoms with Crippen LogP contribution in [0.1, 0.15) is 37.1 Å². The van der Waals surface area contributed by atoms with Gasteiger partial charge in [0.1, 0.15) is 0 Å². The number of aromatic nitrogens is 1. The first-order chi connectivity index (χ1) is 6.15. The van der Waals surface area contributed by atoms with E-state index < -0.39 is 0 Å². The van der Waals surface area contributed by atoms with Crippen LogP contribution in [0.4, 0.5) is 0 Å². The minimum atomic E-state index is 1.07. The molecule has 0 aromatic carbocycles. The predicted octanol–water partition coefficient (Wildman–Crippen LogP) is 3.51. The topological polar surface area (TPSA) is 12.9 Å². The van der Waals surface area contributed by atoms with E-state index in [1.165, 1.54) is 16.7 Å². The third-order valence-corrected chi connectivity index (χ3v) is 2.10. The second-order valence-electron chi connectivity index (χ2n) is 3.47. The summed E-state index contributed by atoms with van der Waals surface area (Å²) >= 11 is 0. The number of pyridine rings is 1. The summed E-state index contributed by atoms with van der Waals surface area (Å²) in [5.41, 5.74) is 4.90. The molecule has 0 N–H and O–H groups in total. The summed E-state index contributed by atoms with van der Waals surface area (Å²) in [6, 6.07) is 2.18. The molecular formula is C12H17N. The molecule has 1 nitrogen and oxygen atoms in total. The van der Waals surface area contributed by atoms with Crippen molar-refractivity contribution in [2.45, 2.75) is 34.1 Å². The molecule has 0 saturated carbocycles. The van der Waals surface area contributed by atoms with E-state index in [1.807, 2.05) is 6.20 Å². The van der Waals surface area contributed by atoms with Gasteiger partial charge in [-0.1, -0.05) is 19.1 Å². The Bertz CT molecular complexity index is 324. The second kappa shape index (κ2) is 4.22. The first-order valence-corrected chi connectivity index (χ1v) is 4.75. The van der Waals surface area contributed by atoms with Crippen LogP contribution < -0.4 is 0 Å². The van der Waals surface area contributed by atoms with E-state index in [0.717, 1.165) is 12.1 Å². The number of nitrogens with zero attached hydrogens (tertiary/aromatic N) is 1.